The van der Waals surface area contributed by atoms with Gasteiger partial charge >= 0.3 is 0 Å². The smallest absolute Gasteiger partial charge is 0.251 e. The maximum absolute atomic E-state index is 12.0. The third kappa shape index (κ3) is 5.77. The van der Waals surface area contributed by atoms with E-state index in [-0.39, 0.29) is 5.91 Å². The predicted octanol–water partition coefficient (Wildman–Crippen LogP) is 4.35. The minimum absolute atomic E-state index is 0.00325. The van der Waals surface area contributed by atoms with Gasteiger partial charge in [0.2, 0.25) is 0 Å². The quantitative estimate of drug-likeness (QED) is 0.774. The number of benzene rings is 1. The molecule has 0 aromatic heterocycles. The maximum Gasteiger partial charge on any atom is 0.251 e. The van der Waals surface area contributed by atoms with Gasteiger partial charge in [0.15, 0.2) is 0 Å². The van der Waals surface area contributed by atoms with Crippen LogP contribution in [0.1, 0.15) is 56.0 Å². The molecule has 0 fully saturated rings. The number of nitrogens with one attached hydrogen (secondary N) is 1. The summed E-state index contributed by atoms with van der Waals surface area (Å²) >= 11 is 3.60. The van der Waals surface area contributed by atoms with E-state index in [1.54, 1.807) is 0 Å². The van der Waals surface area contributed by atoms with E-state index in [1.807, 2.05) is 24.3 Å². The highest BCUT2D eigenvalue weighted by Crippen LogP contribution is 2.15. The fourth-order valence-corrected chi connectivity index (χ4v) is 2.83. The van der Waals surface area contributed by atoms with Gasteiger partial charge in [-0.3, -0.25) is 4.79 Å². The van der Waals surface area contributed by atoms with Crippen molar-refractivity contribution >= 4 is 21.8 Å². The van der Waals surface area contributed by atoms with Crippen LogP contribution in [-0.4, -0.2) is 17.3 Å². The standard InChI is InChI=1S/C16H24BrNO/c1-11(2)9-15(17)10-18-16(19)14-7-5-13(6-8-14)12(3)4/h5-8,11-12,15H,9-10H2,1-4H3,(H,18,19). The summed E-state index contributed by atoms with van der Waals surface area (Å²) < 4.78 is 0. The van der Waals surface area contributed by atoms with Crippen molar-refractivity contribution in [2.45, 2.75) is 44.9 Å². The summed E-state index contributed by atoms with van der Waals surface area (Å²) in [5, 5.41) is 2.97. The first kappa shape index (κ1) is 16.2. The summed E-state index contributed by atoms with van der Waals surface area (Å²) in [6, 6.07) is 7.85. The third-order valence-electron chi connectivity index (χ3n) is 3.05. The van der Waals surface area contributed by atoms with Crippen molar-refractivity contribution < 1.29 is 4.79 Å². The highest BCUT2D eigenvalue weighted by atomic mass is 79.9. The minimum Gasteiger partial charge on any atom is -0.351 e. The second-order valence-electron chi connectivity index (χ2n) is 5.71. The fourth-order valence-electron chi connectivity index (χ4n) is 1.92. The van der Waals surface area contributed by atoms with Crippen LogP contribution in [0, 0.1) is 5.92 Å². The molecule has 1 amide bonds. The van der Waals surface area contributed by atoms with E-state index >= 15 is 0 Å². The van der Waals surface area contributed by atoms with Gasteiger partial charge in [-0.1, -0.05) is 55.8 Å². The minimum atomic E-state index is 0.00325. The first-order valence-electron chi connectivity index (χ1n) is 6.92. The van der Waals surface area contributed by atoms with Gasteiger partial charge in [0.1, 0.15) is 0 Å². The Bertz CT molecular complexity index is 398. The van der Waals surface area contributed by atoms with E-state index in [0.29, 0.717) is 23.2 Å². The molecule has 19 heavy (non-hydrogen) atoms. The molecule has 1 N–H and O–H groups in total. The molecule has 3 heteroatoms. The van der Waals surface area contributed by atoms with Crippen molar-refractivity contribution in [2.75, 3.05) is 6.54 Å². The van der Waals surface area contributed by atoms with Crippen LogP contribution >= 0.6 is 15.9 Å². The third-order valence-corrected chi connectivity index (χ3v) is 3.75. The van der Waals surface area contributed by atoms with Gasteiger partial charge in [0, 0.05) is 16.9 Å². The monoisotopic (exact) mass is 325 g/mol. The van der Waals surface area contributed by atoms with Gasteiger partial charge < -0.3 is 5.32 Å². The Morgan fingerprint density at radius 3 is 2.21 bits per heavy atom. The van der Waals surface area contributed by atoms with Crippen molar-refractivity contribution in [2.24, 2.45) is 5.92 Å². The van der Waals surface area contributed by atoms with Crippen molar-refractivity contribution in [1.82, 2.24) is 5.32 Å². The Kier molecular flexibility index (Phi) is 6.56. The molecule has 106 valence electrons. The largest absolute Gasteiger partial charge is 0.351 e. The average Bonchev–Trinajstić information content (AvgIpc) is 2.35. The number of hydrogen-bond donors (Lipinski definition) is 1. The molecule has 1 unspecified atom stereocenters. The second kappa shape index (κ2) is 7.68. The number of rotatable bonds is 6. The Morgan fingerprint density at radius 2 is 1.74 bits per heavy atom. The number of halogens is 1. The lowest BCUT2D eigenvalue weighted by Crippen LogP contribution is -2.30. The lowest BCUT2D eigenvalue weighted by Gasteiger charge is -2.13. The molecule has 0 saturated heterocycles. The molecule has 0 heterocycles. The van der Waals surface area contributed by atoms with Crippen molar-refractivity contribution in [1.29, 1.82) is 0 Å². The molecule has 0 saturated carbocycles. The topological polar surface area (TPSA) is 29.1 Å². The van der Waals surface area contributed by atoms with Gasteiger partial charge in [-0.15, -0.1) is 0 Å². The number of carbonyl (C=O) groups is 1. The Hall–Kier alpha value is -0.830. The van der Waals surface area contributed by atoms with E-state index in [0.717, 1.165) is 12.0 Å². The van der Waals surface area contributed by atoms with E-state index in [1.165, 1.54) is 5.56 Å². The van der Waals surface area contributed by atoms with Crippen molar-refractivity contribution in [3.8, 4) is 0 Å². The summed E-state index contributed by atoms with van der Waals surface area (Å²) in [5.74, 6) is 1.13. The van der Waals surface area contributed by atoms with E-state index in [4.69, 9.17) is 0 Å². The first-order valence-corrected chi connectivity index (χ1v) is 7.84. The second-order valence-corrected chi connectivity index (χ2v) is 7.01. The zero-order chi connectivity index (χ0) is 14.4. The van der Waals surface area contributed by atoms with Gasteiger partial charge in [0.05, 0.1) is 0 Å². The zero-order valence-electron chi connectivity index (χ0n) is 12.2. The highest BCUT2D eigenvalue weighted by Gasteiger charge is 2.10. The van der Waals surface area contributed by atoms with Gasteiger partial charge in [-0.05, 0) is 36.0 Å². The normalized spacial score (nSPS) is 12.8. The molecule has 0 aliphatic heterocycles. The summed E-state index contributed by atoms with van der Waals surface area (Å²) in [7, 11) is 0. The van der Waals surface area contributed by atoms with Crippen molar-refractivity contribution in [3.63, 3.8) is 0 Å². The molecule has 1 atom stereocenters. The average molecular weight is 326 g/mol. The van der Waals surface area contributed by atoms with Gasteiger partial charge in [0.25, 0.3) is 5.91 Å². The number of hydrogen-bond acceptors (Lipinski definition) is 1. The number of carbonyl (C=O) groups excluding carboxylic acids is 1. The maximum atomic E-state index is 12.0. The molecule has 1 aromatic carbocycles. The van der Waals surface area contributed by atoms with Crippen LogP contribution in [-0.2, 0) is 0 Å². The molecule has 0 aliphatic carbocycles. The predicted molar refractivity (Wildman–Crippen MR) is 85.0 cm³/mol. The number of amides is 1. The molecule has 0 radical (unpaired) electrons. The SMILES string of the molecule is CC(C)CC(Br)CNC(=O)c1ccc(C(C)C)cc1. The summed E-state index contributed by atoms with van der Waals surface area (Å²) in [4.78, 5) is 12.3. The van der Waals surface area contributed by atoms with Crippen LogP contribution in [0.4, 0.5) is 0 Å². The molecule has 1 rings (SSSR count). The van der Waals surface area contributed by atoms with Crippen molar-refractivity contribution in [3.05, 3.63) is 35.4 Å². The first-order chi connectivity index (χ1) is 8.90. The van der Waals surface area contributed by atoms with E-state index in [2.05, 4.69) is 48.9 Å². The van der Waals surface area contributed by atoms with Crippen LogP contribution in [0.25, 0.3) is 0 Å². The summed E-state index contributed by atoms with van der Waals surface area (Å²) in [6.45, 7) is 9.33. The Labute approximate surface area is 125 Å². The Balaban J connectivity index is 2.49. The van der Waals surface area contributed by atoms with Gasteiger partial charge in [-0.2, -0.15) is 0 Å². The van der Waals surface area contributed by atoms with E-state index < -0.39 is 0 Å². The van der Waals surface area contributed by atoms with Crippen LogP contribution in [0.3, 0.4) is 0 Å². The van der Waals surface area contributed by atoms with Crippen LogP contribution in [0.15, 0.2) is 24.3 Å². The molecule has 0 bridgehead atoms. The molecular weight excluding hydrogens is 302 g/mol. The van der Waals surface area contributed by atoms with Crippen LogP contribution in [0.5, 0.6) is 0 Å². The van der Waals surface area contributed by atoms with Crippen LogP contribution < -0.4 is 5.32 Å². The zero-order valence-corrected chi connectivity index (χ0v) is 13.8. The number of alkyl halides is 1. The molecule has 1 aromatic rings. The molecule has 0 spiro atoms. The summed E-state index contributed by atoms with van der Waals surface area (Å²) in [6.07, 6.45) is 1.06. The molecule has 0 aliphatic rings. The van der Waals surface area contributed by atoms with E-state index in [9.17, 15) is 4.79 Å². The van der Waals surface area contributed by atoms with Gasteiger partial charge in [-0.25, -0.2) is 0 Å². The Morgan fingerprint density at radius 1 is 1.16 bits per heavy atom. The van der Waals surface area contributed by atoms with Crippen LogP contribution in [0.2, 0.25) is 0 Å². The molecular formula is C16H24BrNO. The lowest BCUT2D eigenvalue weighted by molar-refractivity contribution is 0.0953. The summed E-state index contributed by atoms with van der Waals surface area (Å²) in [5.41, 5.74) is 1.99. The lowest BCUT2D eigenvalue weighted by atomic mass is 10.0. The molecule has 2 nitrogen and oxygen atoms in total. The fraction of sp³-hybridized carbons (Fsp3) is 0.562. The highest BCUT2D eigenvalue weighted by molar-refractivity contribution is 9.09.